The number of rotatable bonds is 5. The van der Waals surface area contributed by atoms with Gasteiger partial charge in [-0.15, -0.1) is 0 Å². The van der Waals surface area contributed by atoms with Crippen LogP contribution < -0.4 is 5.32 Å². The number of hydrogen-bond donors (Lipinski definition) is 1. The Morgan fingerprint density at radius 2 is 1.95 bits per heavy atom. The maximum absolute atomic E-state index is 12.4. The van der Waals surface area contributed by atoms with E-state index in [4.69, 9.17) is 0 Å². The highest BCUT2D eigenvalue weighted by molar-refractivity contribution is 5.34. The molecule has 1 aliphatic carbocycles. The molecule has 106 valence electrons. The zero-order valence-corrected chi connectivity index (χ0v) is 11.1. The summed E-state index contributed by atoms with van der Waals surface area (Å²) in [6.07, 6.45) is -1.17. The minimum absolute atomic E-state index is 0.101. The van der Waals surface area contributed by atoms with Gasteiger partial charge in [0.05, 0.1) is 0 Å². The molecule has 1 fully saturated rings. The number of alkyl halides is 3. The van der Waals surface area contributed by atoms with E-state index in [1.54, 1.807) is 7.05 Å². The Labute approximate surface area is 112 Å². The normalized spacial score (nSPS) is 18.1. The summed E-state index contributed by atoms with van der Waals surface area (Å²) >= 11 is 0. The Bertz CT molecular complexity index is 410. The maximum atomic E-state index is 12.4. The summed E-state index contributed by atoms with van der Waals surface area (Å²) in [6, 6.07) is 7.71. The first-order chi connectivity index (χ1) is 9.01. The van der Waals surface area contributed by atoms with Crippen LogP contribution in [0.2, 0.25) is 0 Å². The number of benzene rings is 1. The van der Waals surface area contributed by atoms with Crippen molar-refractivity contribution < 1.29 is 13.2 Å². The van der Waals surface area contributed by atoms with Crippen LogP contribution in [0.4, 0.5) is 13.2 Å². The van der Waals surface area contributed by atoms with E-state index < -0.39 is 12.6 Å². The lowest BCUT2D eigenvalue weighted by Crippen LogP contribution is -2.22. The summed E-state index contributed by atoms with van der Waals surface area (Å²) in [7, 11) is 1.73. The smallest absolute Gasteiger partial charge is 0.313 e. The van der Waals surface area contributed by atoms with Crippen molar-refractivity contribution in [3.05, 3.63) is 35.4 Å². The van der Waals surface area contributed by atoms with Crippen molar-refractivity contribution >= 4 is 0 Å². The molecule has 0 saturated heterocycles. The molecular formula is C15H20F3N. The SMILES string of the molecule is CNC(CCC(F)(F)F)c1ccccc1C1CCC1. The van der Waals surface area contributed by atoms with Gasteiger partial charge in [0.15, 0.2) is 0 Å². The van der Waals surface area contributed by atoms with Crippen molar-refractivity contribution in [2.45, 2.75) is 50.2 Å². The summed E-state index contributed by atoms with van der Waals surface area (Å²) in [5, 5.41) is 3.03. The Kier molecular flexibility index (Phi) is 4.50. The molecule has 0 aliphatic heterocycles. The summed E-state index contributed by atoms with van der Waals surface area (Å²) in [4.78, 5) is 0. The maximum Gasteiger partial charge on any atom is 0.389 e. The molecular weight excluding hydrogens is 251 g/mol. The molecule has 0 aromatic heterocycles. The van der Waals surface area contributed by atoms with Crippen LogP contribution in [0.15, 0.2) is 24.3 Å². The van der Waals surface area contributed by atoms with E-state index in [1.165, 1.54) is 12.0 Å². The van der Waals surface area contributed by atoms with E-state index in [0.717, 1.165) is 18.4 Å². The van der Waals surface area contributed by atoms with E-state index >= 15 is 0 Å². The van der Waals surface area contributed by atoms with Gasteiger partial charge in [-0.05, 0) is 43.4 Å². The van der Waals surface area contributed by atoms with Crippen LogP contribution in [0.25, 0.3) is 0 Å². The third kappa shape index (κ3) is 3.72. The van der Waals surface area contributed by atoms with Crippen molar-refractivity contribution in [2.24, 2.45) is 0 Å². The third-order valence-electron chi connectivity index (χ3n) is 3.98. The topological polar surface area (TPSA) is 12.0 Å². The van der Waals surface area contributed by atoms with E-state index in [0.29, 0.717) is 5.92 Å². The first kappa shape index (κ1) is 14.4. The first-order valence-electron chi connectivity index (χ1n) is 6.84. The van der Waals surface area contributed by atoms with Gasteiger partial charge >= 0.3 is 6.18 Å². The Hall–Kier alpha value is -1.03. The lowest BCUT2D eigenvalue weighted by atomic mass is 9.77. The van der Waals surface area contributed by atoms with Gasteiger partial charge in [-0.25, -0.2) is 0 Å². The molecule has 0 radical (unpaired) electrons. The molecule has 0 spiro atoms. The van der Waals surface area contributed by atoms with Crippen LogP contribution in [0, 0.1) is 0 Å². The first-order valence-corrected chi connectivity index (χ1v) is 6.84. The zero-order valence-electron chi connectivity index (χ0n) is 11.1. The summed E-state index contributed by atoms with van der Waals surface area (Å²) in [6.45, 7) is 0. The van der Waals surface area contributed by atoms with Gasteiger partial charge in [0.2, 0.25) is 0 Å². The fraction of sp³-hybridized carbons (Fsp3) is 0.600. The van der Waals surface area contributed by atoms with Gasteiger partial charge in [-0.2, -0.15) is 13.2 Å². The Morgan fingerprint density at radius 3 is 2.47 bits per heavy atom. The van der Waals surface area contributed by atoms with Crippen LogP contribution in [0.3, 0.4) is 0 Å². The molecule has 1 atom stereocenters. The van der Waals surface area contributed by atoms with E-state index in [2.05, 4.69) is 11.4 Å². The van der Waals surface area contributed by atoms with Gasteiger partial charge in [0.1, 0.15) is 0 Å². The largest absolute Gasteiger partial charge is 0.389 e. The van der Waals surface area contributed by atoms with E-state index in [1.807, 2.05) is 18.2 Å². The van der Waals surface area contributed by atoms with Crippen LogP contribution in [-0.2, 0) is 0 Å². The average molecular weight is 271 g/mol. The van der Waals surface area contributed by atoms with Crippen molar-refractivity contribution in [2.75, 3.05) is 7.05 Å². The highest BCUT2D eigenvalue weighted by atomic mass is 19.4. The molecule has 1 aromatic rings. The standard InChI is InChI=1S/C15H20F3N/c1-19-14(9-10-15(16,17)18)13-8-3-2-7-12(13)11-5-4-6-11/h2-3,7-8,11,14,19H,4-6,9-10H2,1H3. The average Bonchev–Trinajstić information content (AvgIpc) is 2.28. The Balaban J connectivity index is 2.13. The second-order valence-electron chi connectivity index (χ2n) is 5.25. The monoisotopic (exact) mass is 271 g/mol. The second-order valence-corrected chi connectivity index (χ2v) is 5.25. The number of halogens is 3. The van der Waals surface area contributed by atoms with Gasteiger partial charge < -0.3 is 5.32 Å². The van der Waals surface area contributed by atoms with E-state index in [-0.39, 0.29) is 12.5 Å². The third-order valence-corrected chi connectivity index (χ3v) is 3.98. The molecule has 0 amide bonds. The van der Waals surface area contributed by atoms with Crippen LogP contribution in [0.5, 0.6) is 0 Å². The van der Waals surface area contributed by atoms with Gasteiger partial charge in [0, 0.05) is 12.5 Å². The van der Waals surface area contributed by atoms with Gasteiger partial charge in [-0.3, -0.25) is 0 Å². The lowest BCUT2D eigenvalue weighted by molar-refractivity contribution is -0.136. The molecule has 1 nitrogen and oxygen atoms in total. The fourth-order valence-corrected chi connectivity index (χ4v) is 2.68. The molecule has 1 saturated carbocycles. The molecule has 1 N–H and O–H groups in total. The molecule has 4 heteroatoms. The zero-order chi connectivity index (χ0) is 13.9. The predicted octanol–water partition coefficient (Wildman–Crippen LogP) is 4.56. The van der Waals surface area contributed by atoms with Crippen molar-refractivity contribution in [1.82, 2.24) is 5.32 Å². The fourth-order valence-electron chi connectivity index (χ4n) is 2.68. The molecule has 19 heavy (non-hydrogen) atoms. The Morgan fingerprint density at radius 1 is 1.26 bits per heavy atom. The number of hydrogen-bond acceptors (Lipinski definition) is 1. The van der Waals surface area contributed by atoms with Crippen LogP contribution in [0.1, 0.15) is 55.2 Å². The lowest BCUT2D eigenvalue weighted by Gasteiger charge is -2.30. The molecule has 2 rings (SSSR count). The molecule has 1 aliphatic rings. The molecule has 0 bridgehead atoms. The van der Waals surface area contributed by atoms with Gasteiger partial charge in [0.25, 0.3) is 0 Å². The minimum Gasteiger partial charge on any atom is -0.313 e. The van der Waals surface area contributed by atoms with Crippen LogP contribution in [-0.4, -0.2) is 13.2 Å². The number of nitrogens with one attached hydrogen (secondary N) is 1. The molecule has 1 aromatic carbocycles. The van der Waals surface area contributed by atoms with Gasteiger partial charge in [-0.1, -0.05) is 30.7 Å². The summed E-state index contributed by atoms with van der Waals surface area (Å²) in [5.74, 6) is 0.540. The second kappa shape index (κ2) is 5.95. The van der Waals surface area contributed by atoms with Crippen molar-refractivity contribution in [3.8, 4) is 0 Å². The summed E-state index contributed by atoms with van der Waals surface area (Å²) in [5.41, 5.74) is 2.27. The molecule has 1 unspecified atom stereocenters. The van der Waals surface area contributed by atoms with Crippen LogP contribution >= 0.6 is 0 Å². The highest BCUT2D eigenvalue weighted by Crippen LogP contribution is 2.40. The predicted molar refractivity (Wildman–Crippen MR) is 70.1 cm³/mol. The minimum atomic E-state index is -4.08. The van der Waals surface area contributed by atoms with Crippen molar-refractivity contribution in [3.63, 3.8) is 0 Å². The van der Waals surface area contributed by atoms with Crippen molar-refractivity contribution in [1.29, 1.82) is 0 Å². The highest BCUT2D eigenvalue weighted by Gasteiger charge is 2.30. The van der Waals surface area contributed by atoms with E-state index in [9.17, 15) is 13.2 Å². The quantitative estimate of drug-likeness (QED) is 0.828. The summed E-state index contributed by atoms with van der Waals surface area (Å²) < 4.78 is 37.1. The molecule has 0 heterocycles.